The molecule has 0 aromatic carbocycles. The van der Waals surface area contributed by atoms with Crippen LogP contribution >= 0.6 is 0 Å². The number of alkyl halides is 3. The molecule has 0 aromatic heterocycles. The lowest BCUT2D eigenvalue weighted by molar-refractivity contribution is -0.144. The van der Waals surface area contributed by atoms with E-state index in [0.29, 0.717) is 6.42 Å². The fraction of sp³-hybridized carbons (Fsp3) is 0.800. The van der Waals surface area contributed by atoms with Crippen LogP contribution in [0.3, 0.4) is 0 Å². The van der Waals surface area contributed by atoms with Crippen molar-refractivity contribution < 1.29 is 27.9 Å². The maximum atomic E-state index is 11.8. The van der Waals surface area contributed by atoms with Gasteiger partial charge < -0.3 is 10.4 Å². The second-order valence-corrected chi connectivity index (χ2v) is 3.96. The number of aliphatic carboxylic acids is 1. The minimum atomic E-state index is -4.33. The first-order chi connectivity index (χ1) is 7.70. The Hall–Kier alpha value is -1.27. The van der Waals surface area contributed by atoms with Gasteiger partial charge >= 0.3 is 12.1 Å². The van der Waals surface area contributed by atoms with Gasteiger partial charge in [-0.2, -0.15) is 13.2 Å². The average molecular weight is 255 g/mol. The number of carbonyl (C=O) groups excluding carboxylic acids is 1. The zero-order valence-corrected chi connectivity index (χ0v) is 9.51. The highest BCUT2D eigenvalue weighted by molar-refractivity contribution is 5.75. The molecule has 0 saturated heterocycles. The Kier molecular flexibility index (Phi) is 6.60. The Bertz CT molecular complexity index is 266. The Morgan fingerprint density at radius 3 is 2.35 bits per heavy atom. The van der Waals surface area contributed by atoms with Gasteiger partial charge in [-0.1, -0.05) is 6.92 Å². The molecule has 0 rings (SSSR count). The summed E-state index contributed by atoms with van der Waals surface area (Å²) in [6.45, 7) is 1.93. The molecule has 0 aliphatic heterocycles. The smallest absolute Gasteiger partial charge is 0.389 e. The SMILES string of the molecule is CC(CCC(=O)O)CNC(=O)CCC(F)(F)F. The van der Waals surface area contributed by atoms with E-state index in [2.05, 4.69) is 5.32 Å². The van der Waals surface area contributed by atoms with Gasteiger partial charge in [0.05, 0.1) is 6.42 Å². The molecule has 2 N–H and O–H groups in total. The Labute approximate surface area is 97.2 Å². The quantitative estimate of drug-likeness (QED) is 0.730. The van der Waals surface area contributed by atoms with Gasteiger partial charge in [0.1, 0.15) is 0 Å². The highest BCUT2D eigenvalue weighted by Gasteiger charge is 2.27. The van der Waals surface area contributed by atoms with E-state index in [4.69, 9.17) is 5.11 Å². The monoisotopic (exact) mass is 255 g/mol. The summed E-state index contributed by atoms with van der Waals surface area (Å²) in [7, 11) is 0. The highest BCUT2D eigenvalue weighted by Crippen LogP contribution is 2.20. The molecule has 0 saturated carbocycles. The first-order valence-corrected chi connectivity index (χ1v) is 5.26. The van der Waals surface area contributed by atoms with Crippen LogP contribution in [0.5, 0.6) is 0 Å². The molecule has 1 amide bonds. The van der Waals surface area contributed by atoms with E-state index in [-0.39, 0.29) is 18.9 Å². The van der Waals surface area contributed by atoms with Gasteiger partial charge in [-0.3, -0.25) is 9.59 Å². The lowest BCUT2D eigenvalue weighted by Crippen LogP contribution is -2.29. The lowest BCUT2D eigenvalue weighted by Gasteiger charge is -2.12. The van der Waals surface area contributed by atoms with E-state index in [0.717, 1.165) is 0 Å². The lowest BCUT2D eigenvalue weighted by atomic mass is 10.1. The van der Waals surface area contributed by atoms with E-state index < -0.39 is 30.9 Å². The second kappa shape index (κ2) is 7.13. The van der Waals surface area contributed by atoms with Crippen molar-refractivity contribution in [3.05, 3.63) is 0 Å². The second-order valence-electron chi connectivity index (χ2n) is 3.96. The number of carboxylic acid groups (broad SMARTS) is 1. The number of carbonyl (C=O) groups is 2. The van der Waals surface area contributed by atoms with Crippen LogP contribution in [0.1, 0.15) is 32.6 Å². The standard InChI is InChI=1S/C10H16F3NO3/c1-7(2-3-9(16)17)6-14-8(15)4-5-10(11,12)13/h7H,2-6H2,1H3,(H,14,15)(H,16,17). The minimum Gasteiger partial charge on any atom is -0.481 e. The number of halogens is 3. The van der Waals surface area contributed by atoms with Crippen LogP contribution in [0.2, 0.25) is 0 Å². The largest absolute Gasteiger partial charge is 0.481 e. The van der Waals surface area contributed by atoms with Crippen molar-refractivity contribution in [1.29, 1.82) is 0 Å². The molecule has 1 atom stereocenters. The number of carboxylic acids is 1. The predicted octanol–water partition coefficient (Wildman–Crippen LogP) is 1.95. The number of hydrogen-bond donors (Lipinski definition) is 2. The summed E-state index contributed by atoms with van der Waals surface area (Å²) >= 11 is 0. The summed E-state index contributed by atoms with van der Waals surface area (Å²) in [4.78, 5) is 21.2. The van der Waals surface area contributed by atoms with Crippen molar-refractivity contribution in [1.82, 2.24) is 5.32 Å². The van der Waals surface area contributed by atoms with Crippen LogP contribution in [-0.4, -0.2) is 29.7 Å². The third-order valence-electron chi connectivity index (χ3n) is 2.13. The summed E-state index contributed by atoms with van der Waals surface area (Å²) in [5, 5.41) is 10.7. The topological polar surface area (TPSA) is 66.4 Å². The summed E-state index contributed by atoms with van der Waals surface area (Å²) in [6, 6.07) is 0. The van der Waals surface area contributed by atoms with Gasteiger partial charge in [0, 0.05) is 19.4 Å². The van der Waals surface area contributed by atoms with Crippen molar-refractivity contribution in [2.45, 2.75) is 38.8 Å². The molecule has 0 spiro atoms. The summed E-state index contributed by atoms with van der Waals surface area (Å²) in [6.07, 6.45) is -5.68. The van der Waals surface area contributed by atoms with E-state index >= 15 is 0 Å². The third kappa shape index (κ3) is 11.0. The molecule has 0 fully saturated rings. The fourth-order valence-electron chi connectivity index (χ4n) is 1.10. The van der Waals surface area contributed by atoms with Crippen molar-refractivity contribution in [3.8, 4) is 0 Å². The molecule has 0 aliphatic rings. The minimum absolute atomic E-state index is 0.0143. The Morgan fingerprint density at radius 1 is 1.29 bits per heavy atom. The Morgan fingerprint density at radius 2 is 1.88 bits per heavy atom. The molecule has 0 aliphatic carbocycles. The molecule has 17 heavy (non-hydrogen) atoms. The van der Waals surface area contributed by atoms with Crippen LogP contribution in [0.25, 0.3) is 0 Å². The zero-order valence-electron chi connectivity index (χ0n) is 9.51. The molecule has 100 valence electrons. The van der Waals surface area contributed by atoms with E-state index in [1.54, 1.807) is 6.92 Å². The molecular formula is C10H16F3NO3. The van der Waals surface area contributed by atoms with Crippen LogP contribution in [-0.2, 0) is 9.59 Å². The molecule has 4 nitrogen and oxygen atoms in total. The summed E-state index contributed by atoms with van der Waals surface area (Å²) < 4.78 is 35.3. The van der Waals surface area contributed by atoms with Crippen molar-refractivity contribution in [2.75, 3.05) is 6.54 Å². The molecule has 0 radical (unpaired) electrons. The number of rotatable bonds is 7. The van der Waals surface area contributed by atoms with Gasteiger partial charge in [-0.05, 0) is 12.3 Å². The van der Waals surface area contributed by atoms with Crippen molar-refractivity contribution in [2.24, 2.45) is 5.92 Å². The van der Waals surface area contributed by atoms with Crippen LogP contribution in [0.15, 0.2) is 0 Å². The van der Waals surface area contributed by atoms with E-state index in [1.165, 1.54) is 0 Å². The maximum absolute atomic E-state index is 11.8. The van der Waals surface area contributed by atoms with Crippen LogP contribution < -0.4 is 5.32 Å². The van der Waals surface area contributed by atoms with Gasteiger partial charge in [0.15, 0.2) is 0 Å². The zero-order chi connectivity index (χ0) is 13.5. The van der Waals surface area contributed by atoms with Gasteiger partial charge in [-0.15, -0.1) is 0 Å². The van der Waals surface area contributed by atoms with Crippen molar-refractivity contribution in [3.63, 3.8) is 0 Å². The predicted molar refractivity (Wildman–Crippen MR) is 54.3 cm³/mol. The Balaban J connectivity index is 3.66. The average Bonchev–Trinajstić information content (AvgIpc) is 2.19. The molecular weight excluding hydrogens is 239 g/mol. The van der Waals surface area contributed by atoms with Crippen molar-refractivity contribution >= 4 is 11.9 Å². The first kappa shape index (κ1) is 15.7. The first-order valence-electron chi connectivity index (χ1n) is 5.26. The fourth-order valence-corrected chi connectivity index (χ4v) is 1.10. The third-order valence-corrected chi connectivity index (χ3v) is 2.13. The van der Waals surface area contributed by atoms with Gasteiger partial charge in [0.2, 0.25) is 5.91 Å². The molecule has 1 unspecified atom stereocenters. The number of hydrogen-bond acceptors (Lipinski definition) is 2. The van der Waals surface area contributed by atoms with Gasteiger partial charge in [0.25, 0.3) is 0 Å². The molecule has 0 heterocycles. The molecule has 0 bridgehead atoms. The maximum Gasteiger partial charge on any atom is 0.389 e. The van der Waals surface area contributed by atoms with Crippen LogP contribution in [0, 0.1) is 5.92 Å². The number of nitrogens with one attached hydrogen (secondary N) is 1. The van der Waals surface area contributed by atoms with E-state index in [9.17, 15) is 22.8 Å². The summed E-state index contributed by atoms with van der Waals surface area (Å²) in [5.74, 6) is -1.66. The molecule has 0 aromatic rings. The highest BCUT2D eigenvalue weighted by atomic mass is 19.4. The number of amides is 1. The molecule has 7 heteroatoms. The van der Waals surface area contributed by atoms with Gasteiger partial charge in [-0.25, -0.2) is 0 Å². The summed E-state index contributed by atoms with van der Waals surface area (Å²) in [5.41, 5.74) is 0. The van der Waals surface area contributed by atoms with E-state index in [1.807, 2.05) is 0 Å². The normalized spacial score (nSPS) is 13.2. The van der Waals surface area contributed by atoms with Crippen LogP contribution in [0.4, 0.5) is 13.2 Å².